The van der Waals surface area contributed by atoms with E-state index < -0.39 is 0 Å². The van der Waals surface area contributed by atoms with Crippen LogP contribution in [0.5, 0.6) is 5.75 Å². The van der Waals surface area contributed by atoms with Crippen molar-refractivity contribution in [1.29, 1.82) is 0 Å². The lowest BCUT2D eigenvalue weighted by molar-refractivity contribution is -0.122. The summed E-state index contributed by atoms with van der Waals surface area (Å²) in [5.74, 6) is 0.894. The van der Waals surface area contributed by atoms with Crippen molar-refractivity contribution in [2.24, 2.45) is 5.41 Å². The molecule has 2 N–H and O–H groups in total. The topological polar surface area (TPSA) is 58.6 Å². The van der Waals surface area contributed by atoms with Gasteiger partial charge in [0.25, 0.3) is 0 Å². The number of carbonyl (C=O) groups is 1. The monoisotopic (exact) mass is 291 g/mol. The first kappa shape index (κ1) is 15.8. The van der Waals surface area contributed by atoms with E-state index in [1.54, 1.807) is 7.11 Å². The number of rotatable bonds is 6. The van der Waals surface area contributed by atoms with E-state index in [4.69, 9.17) is 4.74 Å². The molecule has 0 radical (unpaired) electrons. The molecule has 0 heterocycles. The van der Waals surface area contributed by atoms with Crippen LogP contribution in [0.15, 0.2) is 24.3 Å². The van der Waals surface area contributed by atoms with E-state index >= 15 is 0 Å². The highest BCUT2D eigenvalue weighted by Crippen LogP contribution is 2.37. The van der Waals surface area contributed by atoms with Crippen LogP contribution in [0.3, 0.4) is 0 Å². The van der Waals surface area contributed by atoms with Crippen LogP contribution < -0.4 is 10.1 Å². The average Bonchev–Trinajstić information content (AvgIpc) is 2.87. The maximum absolute atomic E-state index is 12.1. The van der Waals surface area contributed by atoms with Gasteiger partial charge in [-0.1, -0.05) is 25.5 Å². The summed E-state index contributed by atoms with van der Waals surface area (Å²) in [5.41, 5.74) is 0.970. The number of aliphatic hydroxyl groups is 1. The first-order valence-electron chi connectivity index (χ1n) is 7.60. The Labute approximate surface area is 126 Å². The normalized spacial score (nSPS) is 24.8. The number of ether oxygens (including phenoxy) is 1. The Bertz CT molecular complexity index is 471. The zero-order valence-electron chi connectivity index (χ0n) is 12.9. The fourth-order valence-electron chi connectivity index (χ4n) is 2.98. The number of aryl methyl sites for hydroxylation is 1. The lowest BCUT2D eigenvalue weighted by Gasteiger charge is -2.30. The summed E-state index contributed by atoms with van der Waals surface area (Å²) in [6.45, 7) is 2.19. The maximum Gasteiger partial charge on any atom is 0.220 e. The number of carbonyl (C=O) groups excluding carboxylic acids is 1. The molecule has 116 valence electrons. The SMILES string of the molecule is COc1ccc(CCC(=O)NC2CCCC2(C)CO)cc1. The highest BCUT2D eigenvalue weighted by Gasteiger charge is 2.38. The zero-order valence-corrected chi connectivity index (χ0v) is 12.9. The Balaban J connectivity index is 1.81. The number of methoxy groups -OCH3 is 1. The molecule has 0 spiro atoms. The van der Waals surface area contributed by atoms with Gasteiger partial charge in [-0.3, -0.25) is 4.79 Å². The van der Waals surface area contributed by atoms with Crippen molar-refractivity contribution in [3.05, 3.63) is 29.8 Å². The van der Waals surface area contributed by atoms with E-state index in [1.165, 1.54) is 0 Å². The molecule has 2 atom stereocenters. The molecule has 0 aromatic heterocycles. The largest absolute Gasteiger partial charge is 0.497 e. The predicted molar refractivity (Wildman–Crippen MR) is 82.3 cm³/mol. The van der Waals surface area contributed by atoms with E-state index in [-0.39, 0.29) is 24.0 Å². The van der Waals surface area contributed by atoms with E-state index in [0.29, 0.717) is 6.42 Å². The van der Waals surface area contributed by atoms with Gasteiger partial charge in [-0.15, -0.1) is 0 Å². The Kier molecular flexibility index (Phi) is 5.23. The fraction of sp³-hybridized carbons (Fsp3) is 0.588. The lowest BCUT2D eigenvalue weighted by atomic mass is 9.85. The van der Waals surface area contributed by atoms with Gasteiger partial charge < -0.3 is 15.2 Å². The number of nitrogens with one attached hydrogen (secondary N) is 1. The predicted octanol–water partition coefficient (Wildman–Crippen LogP) is 2.30. The van der Waals surface area contributed by atoms with Crippen LogP contribution in [0.2, 0.25) is 0 Å². The summed E-state index contributed by atoms with van der Waals surface area (Å²) in [7, 11) is 1.64. The second-order valence-electron chi connectivity index (χ2n) is 6.17. The quantitative estimate of drug-likeness (QED) is 0.845. The molecule has 2 rings (SSSR count). The molecule has 1 saturated carbocycles. The molecule has 1 fully saturated rings. The van der Waals surface area contributed by atoms with E-state index in [0.717, 1.165) is 37.0 Å². The molecule has 1 aliphatic rings. The van der Waals surface area contributed by atoms with Crippen molar-refractivity contribution in [2.45, 2.75) is 45.1 Å². The van der Waals surface area contributed by atoms with E-state index in [1.807, 2.05) is 24.3 Å². The summed E-state index contributed by atoms with van der Waals surface area (Å²) >= 11 is 0. The van der Waals surface area contributed by atoms with Crippen molar-refractivity contribution in [3.8, 4) is 5.75 Å². The highest BCUT2D eigenvalue weighted by molar-refractivity contribution is 5.76. The average molecular weight is 291 g/mol. The van der Waals surface area contributed by atoms with Gasteiger partial charge in [-0.25, -0.2) is 0 Å². The molecule has 1 aromatic carbocycles. The van der Waals surface area contributed by atoms with Crippen molar-refractivity contribution in [1.82, 2.24) is 5.32 Å². The summed E-state index contributed by atoms with van der Waals surface area (Å²) in [4.78, 5) is 12.1. The van der Waals surface area contributed by atoms with E-state index in [9.17, 15) is 9.90 Å². The van der Waals surface area contributed by atoms with Gasteiger partial charge in [0.1, 0.15) is 5.75 Å². The van der Waals surface area contributed by atoms with Crippen molar-refractivity contribution in [3.63, 3.8) is 0 Å². The molecule has 21 heavy (non-hydrogen) atoms. The van der Waals surface area contributed by atoms with Gasteiger partial charge in [-0.2, -0.15) is 0 Å². The second kappa shape index (κ2) is 6.94. The van der Waals surface area contributed by atoms with Crippen LogP contribution in [0.25, 0.3) is 0 Å². The molecule has 0 bridgehead atoms. The number of aliphatic hydroxyl groups excluding tert-OH is 1. The van der Waals surface area contributed by atoms with Gasteiger partial charge in [0.15, 0.2) is 0 Å². The van der Waals surface area contributed by atoms with Crippen LogP contribution in [-0.2, 0) is 11.2 Å². The molecule has 1 aromatic rings. The third kappa shape index (κ3) is 3.97. The molecule has 2 unspecified atom stereocenters. The van der Waals surface area contributed by atoms with Crippen LogP contribution >= 0.6 is 0 Å². The van der Waals surface area contributed by atoms with Gasteiger partial charge in [0, 0.05) is 17.9 Å². The third-order valence-corrected chi connectivity index (χ3v) is 4.58. The number of amides is 1. The second-order valence-corrected chi connectivity index (χ2v) is 6.17. The minimum Gasteiger partial charge on any atom is -0.497 e. The summed E-state index contributed by atoms with van der Waals surface area (Å²) < 4.78 is 5.12. The van der Waals surface area contributed by atoms with Crippen molar-refractivity contribution < 1.29 is 14.6 Å². The number of hydrogen-bond acceptors (Lipinski definition) is 3. The van der Waals surface area contributed by atoms with Crippen molar-refractivity contribution >= 4 is 5.91 Å². The summed E-state index contributed by atoms with van der Waals surface area (Å²) in [5, 5.41) is 12.6. The van der Waals surface area contributed by atoms with Crippen LogP contribution in [0, 0.1) is 5.41 Å². The standard InChI is InChI=1S/C17H25NO3/c1-17(12-19)11-3-4-15(17)18-16(20)10-7-13-5-8-14(21-2)9-6-13/h5-6,8-9,15,19H,3-4,7,10-12H2,1-2H3,(H,18,20). The Hall–Kier alpha value is -1.55. The highest BCUT2D eigenvalue weighted by atomic mass is 16.5. The number of hydrogen-bond donors (Lipinski definition) is 2. The molecular weight excluding hydrogens is 266 g/mol. The summed E-state index contributed by atoms with van der Waals surface area (Å²) in [6.07, 6.45) is 4.21. The fourth-order valence-corrected chi connectivity index (χ4v) is 2.98. The Morgan fingerprint density at radius 1 is 1.43 bits per heavy atom. The smallest absolute Gasteiger partial charge is 0.220 e. The molecular formula is C17H25NO3. The molecule has 4 nitrogen and oxygen atoms in total. The van der Waals surface area contributed by atoms with Gasteiger partial charge in [-0.05, 0) is 37.0 Å². The Morgan fingerprint density at radius 3 is 2.76 bits per heavy atom. The first-order valence-corrected chi connectivity index (χ1v) is 7.60. The maximum atomic E-state index is 12.1. The van der Waals surface area contributed by atoms with Crippen molar-refractivity contribution in [2.75, 3.05) is 13.7 Å². The van der Waals surface area contributed by atoms with E-state index in [2.05, 4.69) is 12.2 Å². The van der Waals surface area contributed by atoms with Gasteiger partial charge in [0.05, 0.1) is 13.7 Å². The molecule has 1 aliphatic carbocycles. The molecule has 4 heteroatoms. The minimum atomic E-state index is -0.157. The number of benzene rings is 1. The molecule has 1 amide bonds. The van der Waals surface area contributed by atoms with Crippen LogP contribution in [-0.4, -0.2) is 30.8 Å². The van der Waals surface area contributed by atoms with Crippen LogP contribution in [0.4, 0.5) is 0 Å². The molecule has 0 saturated heterocycles. The van der Waals surface area contributed by atoms with Gasteiger partial charge >= 0.3 is 0 Å². The summed E-state index contributed by atoms with van der Waals surface area (Å²) in [6, 6.07) is 7.89. The minimum absolute atomic E-state index is 0.0670. The zero-order chi connectivity index (χ0) is 15.3. The lowest BCUT2D eigenvalue weighted by Crippen LogP contribution is -2.44. The Morgan fingerprint density at radius 2 is 2.14 bits per heavy atom. The van der Waals surface area contributed by atoms with Gasteiger partial charge in [0.2, 0.25) is 5.91 Å². The van der Waals surface area contributed by atoms with Crippen LogP contribution in [0.1, 0.15) is 38.2 Å². The molecule has 0 aliphatic heterocycles. The first-order chi connectivity index (χ1) is 10.1. The third-order valence-electron chi connectivity index (χ3n) is 4.58.